The number of aliphatic carboxylic acids is 1. The summed E-state index contributed by atoms with van der Waals surface area (Å²) in [6, 6.07) is 7.46. The van der Waals surface area contributed by atoms with Crippen LogP contribution in [0.2, 0.25) is 0 Å². The maximum absolute atomic E-state index is 12.6. The minimum Gasteiger partial charge on any atom is -0.481 e. The maximum Gasteiger partial charge on any atom is 0.304 e. The van der Waals surface area contributed by atoms with Crippen molar-refractivity contribution in [3.63, 3.8) is 0 Å². The van der Waals surface area contributed by atoms with Crippen molar-refractivity contribution in [3.05, 3.63) is 35.4 Å². The molecule has 0 aliphatic carbocycles. The molecule has 0 radical (unpaired) electrons. The summed E-state index contributed by atoms with van der Waals surface area (Å²) in [5.41, 5.74) is 0.421. The molecular weight excluding hydrogens is 216 g/mol. The van der Waals surface area contributed by atoms with Crippen molar-refractivity contribution in [3.8, 4) is 6.07 Å². The largest absolute Gasteiger partial charge is 0.481 e. The summed E-state index contributed by atoms with van der Waals surface area (Å²) in [6.45, 7) is 0. The van der Waals surface area contributed by atoms with E-state index in [0.717, 1.165) is 0 Å². The molecule has 0 spiro atoms. The number of rotatable bonds is 4. The van der Waals surface area contributed by atoms with E-state index >= 15 is 0 Å². The smallest absolute Gasteiger partial charge is 0.304 e. The first-order valence-corrected chi connectivity index (χ1v) is 4.54. The lowest BCUT2D eigenvalue weighted by atomic mass is 9.95. The first-order chi connectivity index (χ1) is 7.54. The number of hydrogen-bond acceptors (Lipinski definition) is 2. The van der Waals surface area contributed by atoms with Gasteiger partial charge in [0.2, 0.25) is 6.43 Å². The second kappa shape index (κ2) is 5.21. The van der Waals surface area contributed by atoms with Gasteiger partial charge in [0.05, 0.1) is 24.0 Å². The zero-order valence-electron chi connectivity index (χ0n) is 8.23. The molecule has 1 N–H and O–H groups in total. The molecule has 0 aliphatic rings. The van der Waals surface area contributed by atoms with Gasteiger partial charge in [0.1, 0.15) is 0 Å². The number of hydrogen-bond donors (Lipinski definition) is 1. The van der Waals surface area contributed by atoms with Gasteiger partial charge >= 0.3 is 5.97 Å². The van der Waals surface area contributed by atoms with Crippen LogP contribution in [0.4, 0.5) is 8.78 Å². The number of benzene rings is 1. The van der Waals surface area contributed by atoms with Gasteiger partial charge in [-0.05, 0) is 17.7 Å². The Kier molecular flexibility index (Phi) is 3.95. The predicted octanol–water partition coefficient (Wildman–Crippen LogP) is 2.38. The molecule has 1 atom stereocenters. The van der Waals surface area contributed by atoms with Gasteiger partial charge in [0.25, 0.3) is 0 Å². The lowest BCUT2D eigenvalue weighted by molar-refractivity contribution is -0.138. The van der Waals surface area contributed by atoms with E-state index in [2.05, 4.69) is 0 Å². The summed E-state index contributed by atoms with van der Waals surface area (Å²) in [6.07, 6.45) is -3.41. The van der Waals surface area contributed by atoms with Crippen LogP contribution < -0.4 is 0 Å². The van der Waals surface area contributed by atoms with Crippen LogP contribution in [0.5, 0.6) is 0 Å². The SMILES string of the molecule is N#Cc1cccc(C(CC(=O)O)C(F)F)c1. The average Bonchev–Trinajstić information content (AvgIpc) is 2.25. The molecule has 0 heterocycles. The third-order valence-electron chi connectivity index (χ3n) is 2.14. The van der Waals surface area contributed by atoms with Gasteiger partial charge < -0.3 is 5.11 Å². The second-order valence-electron chi connectivity index (χ2n) is 3.28. The van der Waals surface area contributed by atoms with E-state index in [1.54, 1.807) is 0 Å². The number of carboxylic acids is 1. The average molecular weight is 225 g/mol. The number of carbonyl (C=O) groups is 1. The van der Waals surface area contributed by atoms with E-state index in [0.29, 0.717) is 0 Å². The highest BCUT2D eigenvalue weighted by atomic mass is 19.3. The summed E-state index contributed by atoms with van der Waals surface area (Å²) >= 11 is 0. The number of alkyl halides is 2. The molecular formula is C11H9F2NO2. The molecule has 0 saturated carbocycles. The molecule has 0 aromatic heterocycles. The lowest BCUT2D eigenvalue weighted by Gasteiger charge is -2.14. The molecule has 0 saturated heterocycles. The third-order valence-corrected chi connectivity index (χ3v) is 2.14. The van der Waals surface area contributed by atoms with Gasteiger partial charge in [-0.25, -0.2) is 8.78 Å². The Bertz CT molecular complexity index is 426. The number of carboxylic acid groups (broad SMARTS) is 1. The Hall–Kier alpha value is -1.96. The molecule has 1 rings (SSSR count). The summed E-state index contributed by atoms with van der Waals surface area (Å²) in [5, 5.41) is 17.1. The topological polar surface area (TPSA) is 61.1 Å². The molecule has 0 amide bonds. The molecule has 0 aliphatic heterocycles. The van der Waals surface area contributed by atoms with Crippen molar-refractivity contribution in [1.29, 1.82) is 5.26 Å². The van der Waals surface area contributed by atoms with Crippen LogP contribution in [-0.4, -0.2) is 17.5 Å². The summed E-state index contributed by atoms with van der Waals surface area (Å²) in [4.78, 5) is 10.4. The predicted molar refractivity (Wildman–Crippen MR) is 52.2 cm³/mol. The summed E-state index contributed by atoms with van der Waals surface area (Å²) < 4.78 is 25.3. The highest BCUT2D eigenvalue weighted by molar-refractivity contribution is 5.68. The number of nitrogens with zero attached hydrogens (tertiary/aromatic N) is 1. The highest BCUT2D eigenvalue weighted by Gasteiger charge is 2.25. The van der Waals surface area contributed by atoms with Crippen molar-refractivity contribution in [2.24, 2.45) is 0 Å². The monoisotopic (exact) mass is 225 g/mol. The van der Waals surface area contributed by atoms with E-state index in [1.165, 1.54) is 24.3 Å². The quantitative estimate of drug-likeness (QED) is 0.855. The van der Waals surface area contributed by atoms with Crippen molar-refractivity contribution in [2.75, 3.05) is 0 Å². The van der Waals surface area contributed by atoms with Gasteiger partial charge in [-0.3, -0.25) is 4.79 Å². The maximum atomic E-state index is 12.6. The Labute approximate surface area is 90.9 Å². The van der Waals surface area contributed by atoms with Crippen LogP contribution >= 0.6 is 0 Å². The molecule has 3 nitrogen and oxygen atoms in total. The van der Waals surface area contributed by atoms with E-state index in [1.807, 2.05) is 6.07 Å². The molecule has 0 fully saturated rings. The molecule has 16 heavy (non-hydrogen) atoms. The van der Waals surface area contributed by atoms with Crippen LogP contribution in [0.15, 0.2) is 24.3 Å². The molecule has 84 valence electrons. The van der Waals surface area contributed by atoms with E-state index in [9.17, 15) is 13.6 Å². The first-order valence-electron chi connectivity index (χ1n) is 4.54. The Morgan fingerprint density at radius 1 is 1.50 bits per heavy atom. The summed E-state index contributed by atoms with van der Waals surface area (Å²) in [5.74, 6) is -2.65. The van der Waals surface area contributed by atoms with Gasteiger partial charge in [0.15, 0.2) is 0 Å². The van der Waals surface area contributed by atoms with Crippen molar-refractivity contribution in [1.82, 2.24) is 0 Å². The minimum absolute atomic E-state index is 0.177. The number of halogens is 2. The molecule has 1 aromatic carbocycles. The fraction of sp³-hybridized carbons (Fsp3) is 0.273. The standard InChI is InChI=1S/C11H9F2NO2/c12-11(13)9(5-10(15)16)8-3-1-2-7(4-8)6-14/h1-4,9,11H,5H2,(H,15,16). The van der Waals surface area contributed by atoms with Gasteiger partial charge in [-0.2, -0.15) is 5.26 Å². The van der Waals surface area contributed by atoms with Gasteiger partial charge in [0, 0.05) is 0 Å². The summed E-state index contributed by atoms with van der Waals surface area (Å²) in [7, 11) is 0. The lowest BCUT2D eigenvalue weighted by Crippen LogP contribution is -2.14. The first kappa shape index (κ1) is 12.1. The van der Waals surface area contributed by atoms with Crippen LogP contribution in [0.25, 0.3) is 0 Å². The van der Waals surface area contributed by atoms with Crippen LogP contribution in [-0.2, 0) is 4.79 Å². The van der Waals surface area contributed by atoms with Crippen LogP contribution in [0, 0.1) is 11.3 Å². The Morgan fingerprint density at radius 2 is 2.19 bits per heavy atom. The van der Waals surface area contributed by atoms with E-state index in [4.69, 9.17) is 10.4 Å². The molecule has 0 bridgehead atoms. The minimum atomic E-state index is -2.76. The normalized spacial score (nSPS) is 12.1. The zero-order valence-corrected chi connectivity index (χ0v) is 8.23. The van der Waals surface area contributed by atoms with E-state index in [-0.39, 0.29) is 11.1 Å². The Balaban J connectivity index is 3.01. The zero-order chi connectivity index (χ0) is 12.1. The molecule has 5 heteroatoms. The third kappa shape index (κ3) is 3.02. The van der Waals surface area contributed by atoms with E-state index < -0.39 is 24.7 Å². The Morgan fingerprint density at radius 3 is 2.69 bits per heavy atom. The number of nitriles is 1. The van der Waals surface area contributed by atoms with Crippen molar-refractivity contribution < 1.29 is 18.7 Å². The fourth-order valence-corrected chi connectivity index (χ4v) is 1.38. The van der Waals surface area contributed by atoms with Gasteiger partial charge in [-0.1, -0.05) is 12.1 Å². The van der Waals surface area contributed by atoms with Gasteiger partial charge in [-0.15, -0.1) is 0 Å². The highest BCUT2D eigenvalue weighted by Crippen LogP contribution is 2.27. The molecule has 1 unspecified atom stereocenters. The van der Waals surface area contributed by atoms with Crippen LogP contribution in [0.3, 0.4) is 0 Å². The van der Waals surface area contributed by atoms with Crippen LogP contribution in [0.1, 0.15) is 23.5 Å². The second-order valence-corrected chi connectivity index (χ2v) is 3.28. The fourth-order valence-electron chi connectivity index (χ4n) is 1.38. The van der Waals surface area contributed by atoms with Crippen molar-refractivity contribution >= 4 is 5.97 Å². The van der Waals surface area contributed by atoms with Crippen molar-refractivity contribution in [2.45, 2.75) is 18.8 Å². The molecule has 1 aromatic rings.